The Morgan fingerprint density at radius 2 is 1.95 bits per heavy atom. The van der Waals surface area contributed by atoms with Crippen LogP contribution >= 0.6 is 0 Å². The molecule has 0 spiro atoms. The minimum absolute atomic E-state index is 0.564. The summed E-state index contributed by atoms with van der Waals surface area (Å²) < 4.78 is 3.77. The summed E-state index contributed by atoms with van der Waals surface area (Å²) in [4.78, 5) is 4.97. The van der Waals surface area contributed by atoms with Crippen LogP contribution in [0.2, 0.25) is 0 Å². The van der Waals surface area contributed by atoms with Crippen LogP contribution in [0.15, 0.2) is 30.9 Å². The van der Waals surface area contributed by atoms with Gasteiger partial charge in [-0.3, -0.25) is 4.68 Å². The molecule has 1 saturated carbocycles. The molecule has 4 rings (SSSR count). The third-order valence-corrected chi connectivity index (χ3v) is 4.41. The first-order chi connectivity index (χ1) is 10.3. The lowest BCUT2D eigenvalue weighted by Gasteiger charge is -2.22. The van der Waals surface area contributed by atoms with Crippen molar-refractivity contribution in [2.75, 3.05) is 0 Å². The van der Waals surface area contributed by atoms with Crippen molar-refractivity contribution in [3.63, 3.8) is 0 Å². The highest BCUT2D eigenvalue weighted by atomic mass is 15.2. The Hall–Kier alpha value is -2.17. The van der Waals surface area contributed by atoms with Gasteiger partial charge in [0.1, 0.15) is 0 Å². The van der Waals surface area contributed by atoms with Crippen LogP contribution in [-0.2, 0) is 7.05 Å². The number of rotatable bonds is 2. The van der Waals surface area contributed by atoms with E-state index in [1.54, 1.807) is 0 Å². The molecule has 0 N–H and O–H groups in total. The summed E-state index contributed by atoms with van der Waals surface area (Å²) in [5.41, 5.74) is 4.36. The predicted molar refractivity (Wildman–Crippen MR) is 81.0 cm³/mol. The number of fused-ring (bicyclic) bond motifs is 1. The number of hydrogen-bond acceptors (Lipinski definition) is 3. The van der Waals surface area contributed by atoms with Gasteiger partial charge in [-0.2, -0.15) is 10.2 Å². The molecular formula is C16H19N5. The molecule has 1 fully saturated rings. The van der Waals surface area contributed by atoms with Gasteiger partial charge in [0.05, 0.1) is 35.5 Å². The van der Waals surface area contributed by atoms with E-state index in [2.05, 4.69) is 16.3 Å². The first-order valence-electron chi connectivity index (χ1n) is 7.64. The van der Waals surface area contributed by atoms with Crippen LogP contribution < -0.4 is 0 Å². The molecule has 0 bridgehead atoms. The van der Waals surface area contributed by atoms with Crippen molar-refractivity contribution in [1.82, 2.24) is 24.4 Å². The molecule has 1 aliphatic carbocycles. The number of aromatic nitrogens is 5. The van der Waals surface area contributed by atoms with Crippen molar-refractivity contribution in [2.24, 2.45) is 7.05 Å². The summed E-state index contributed by atoms with van der Waals surface area (Å²) in [6.07, 6.45) is 14.2. The average Bonchev–Trinajstić information content (AvgIpc) is 3.15. The van der Waals surface area contributed by atoms with Crippen molar-refractivity contribution in [2.45, 2.75) is 38.0 Å². The van der Waals surface area contributed by atoms with E-state index in [4.69, 9.17) is 4.98 Å². The van der Waals surface area contributed by atoms with Crippen LogP contribution in [0.1, 0.15) is 43.7 Å². The van der Waals surface area contributed by atoms with Gasteiger partial charge in [-0.05, 0) is 18.9 Å². The van der Waals surface area contributed by atoms with Crippen molar-refractivity contribution in [3.8, 4) is 11.3 Å². The van der Waals surface area contributed by atoms with Crippen LogP contribution in [0.5, 0.6) is 0 Å². The van der Waals surface area contributed by atoms with Crippen molar-refractivity contribution in [1.29, 1.82) is 0 Å². The van der Waals surface area contributed by atoms with Crippen LogP contribution in [-0.4, -0.2) is 24.4 Å². The predicted octanol–water partition coefficient (Wildman–Crippen LogP) is 3.18. The lowest BCUT2D eigenvalue weighted by Crippen LogP contribution is -2.09. The Kier molecular flexibility index (Phi) is 2.98. The molecule has 1 aliphatic rings. The third kappa shape index (κ3) is 2.22. The molecule has 0 radical (unpaired) electrons. The maximum atomic E-state index is 4.97. The van der Waals surface area contributed by atoms with Gasteiger partial charge in [-0.25, -0.2) is 9.50 Å². The average molecular weight is 281 g/mol. The highest BCUT2D eigenvalue weighted by molar-refractivity contribution is 5.61. The summed E-state index contributed by atoms with van der Waals surface area (Å²) in [7, 11) is 1.93. The zero-order chi connectivity index (χ0) is 14.2. The minimum Gasteiger partial charge on any atom is -0.275 e. The van der Waals surface area contributed by atoms with E-state index in [9.17, 15) is 0 Å². The van der Waals surface area contributed by atoms with Gasteiger partial charge < -0.3 is 0 Å². The number of aryl methyl sites for hydroxylation is 1. The Morgan fingerprint density at radius 3 is 2.71 bits per heavy atom. The van der Waals surface area contributed by atoms with Gasteiger partial charge >= 0.3 is 0 Å². The van der Waals surface area contributed by atoms with Gasteiger partial charge in [0.25, 0.3) is 0 Å². The first-order valence-corrected chi connectivity index (χ1v) is 7.64. The molecule has 0 atom stereocenters. The van der Waals surface area contributed by atoms with E-state index < -0.39 is 0 Å². The summed E-state index contributed by atoms with van der Waals surface area (Å²) in [5, 5.41) is 8.67. The van der Waals surface area contributed by atoms with E-state index in [1.165, 1.54) is 37.8 Å². The van der Waals surface area contributed by atoms with E-state index in [1.807, 2.05) is 41.0 Å². The Bertz CT molecular complexity index is 764. The fourth-order valence-corrected chi connectivity index (χ4v) is 3.32. The topological polar surface area (TPSA) is 48.0 Å². The Morgan fingerprint density at radius 1 is 1.10 bits per heavy atom. The van der Waals surface area contributed by atoms with Crippen LogP contribution in [0.4, 0.5) is 0 Å². The van der Waals surface area contributed by atoms with E-state index in [0.29, 0.717) is 5.92 Å². The molecule has 3 heterocycles. The molecular weight excluding hydrogens is 262 g/mol. The quantitative estimate of drug-likeness (QED) is 0.725. The second kappa shape index (κ2) is 4.98. The van der Waals surface area contributed by atoms with Gasteiger partial charge in [-0.15, -0.1) is 0 Å². The molecule has 3 aromatic heterocycles. The fourth-order valence-electron chi connectivity index (χ4n) is 3.32. The van der Waals surface area contributed by atoms with Crippen molar-refractivity contribution >= 4 is 5.52 Å². The lowest BCUT2D eigenvalue weighted by molar-refractivity contribution is 0.438. The second-order valence-corrected chi connectivity index (χ2v) is 5.91. The van der Waals surface area contributed by atoms with E-state index in [-0.39, 0.29) is 0 Å². The zero-order valence-corrected chi connectivity index (χ0v) is 12.2. The summed E-state index contributed by atoms with van der Waals surface area (Å²) in [6, 6.07) is 2.07. The first kappa shape index (κ1) is 12.6. The van der Waals surface area contributed by atoms with Gasteiger partial charge in [-0.1, -0.05) is 19.3 Å². The smallest absolute Gasteiger partial charge is 0.0921 e. The number of nitrogens with zero attached hydrogens (tertiary/aromatic N) is 5. The fraction of sp³-hybridized carbons (Fsp3) is 0.438. The van der Waals surface area contributed by atoms with Crippen LogP contribution in [0, 0.1) is 0 Å². The molecule has 5 heteroatoms. The molecule has 3 aromatic rings. The van der Waals surface area contributed by atoms with Crippen molar-refractivity contribution < 1.29 is 0 Å². The molecule has 5 nitrogen and oxygen atoms in total. The largest absolute Gasteiger partial charge is 0.275 e. The van der Waals surface area contributed by atoms with Gasteiger partial charge in [0, 0.05) is 24.7 Å². The zero-order valence-electron chi connectivity index (χ0n) is 12.2. The standard InChI is InChI=1S/C16H19N5/c1-20-10-13(9-18-20)14-11-21-15(7-8-17-21)16(19-14)12-5-3-2-4-6-12/h7-12H,2-6H2,1H3. The Balaban J connectivity index is 1.85. The molecule has 0 saturated heterocycles. The molecule has 0 amide bonds. The van der Waals surface area contributed by atoms with E-state index >= 15 is 0 Å². The molecule has 108 valence electrons. The maximum Gasteiger partial charge on any atom is 0.0921 e. The molecule has 0 aliphatic heterocycles. The van der Waals surface area contributed by atoms with Crippen molar-refractivity contribution in [3.05, 3.63) is 36.5 Å². The monoisotopic (exact) mass is 281 g/mol. The normalized spacial score (nSPS) is 16.6. The van der Waals surface area contributed by atoms with Gasteiger partial charge in [0.15, 0.2) is 0 Å². The van der Waals surface area contributed by atoms with Gasteiger partial charge in [0.2, 0.25) is 0 Å². The van der Waals surface area contributed by atoms with E-state index in [0.717, 1.165) is 16.8 Å². The molecule has 0 aromatic carbocycles. The second-order valence-electron chi connectivity index (χ2n) is 5.91. The lowest BCUT2D eigenvalue weighted by atomic mass is 9.86. The highest BCUT2D eigenvalue weighted by Crippen LogP contribution is 2.34. The van der Waals surface area contributed by atoms with Crippen LogP contribution in [0.25, 0.3) is 16.8 Å². The molecule has 0 unspecified atom stereocenters. The Labute approximate surface area is 123 Å². The molecule has 21 heavy (non-hydrogen) atoms. The van der Waals surface area contributed by atoms with Crippen LogP contribution in [0.3, 0.4) is 0 Å². The summed E-state index contributed by atoms with van der Waals surface area (Å²) in [6.45, 7) is 0. The third-order valence-electron chi connectivity index (χ3n) is 4.41. The maximum absolute atomic E-state index is 4.97. The highest BCUT2D eigenvalue weighted by Gasteiger charge is 2.21. The number of hydrogen-bond donors (Lipinski definition) is 0. The minimum atomic E-state index is 0.564. The summed E-state index contributed by atoms with van der Waals surface area (Å²) >= 11 is 0. The summed E-state index contributed by atoms with van der Waals surface area (Å²) in [5.74, 6) is 0.564. The SMILES string of the molecule is Cn1cc(-c2cn3nccc3c(C3CCCCC3)n2)cn1.